The summed E-state index contributed by atoms with van der Waals surface area (Å²) < 4.78 is 31.2. The van der Waals surface area contributed by atoms with Crippen LogP contribution in [0.25, 0.3) is 5.69 Å². The average Bonchev–Trinajstić information content (AvgIpc) is 3.18. The fourth-order valence-corrected chi connectivity index (χ4v) is 3.52. The molecule has 1 saturated heterocycles. The molecule has 6 nitrogen and oxygen atoms in total. The van der Waals surface area contributed by atoms with Crippen LogP contribution in [0.5, 0.6) is 5.75 Å². The van der Waals surface area contributed by atoms with Gasteiger partial charge in [0.1, 0.15) is 11.6 Å². The van der Waals surface area contributed by atoms with E-state index in [2.05, 4.69) is 4.98 Å². The second kappa shape index (κ2) is 5.73. The van der Waals surface area contributed by atoms with E-state index in [1.54, 1.807) is 23.9 Å². The van der Waals surface area contributed by atoms with Crippen molar-refractivity contribution in [1.29, 1.82) is 0 Å². The first-order chi connectivity index (χ1) is 10.5. The predicted octanol–water partition coefficient (Wildman–Crippen LogP) is 1.88. The van der Waals surface area contributed by atoms with Crippen LogP contribution >= 0.6 is 0 Å². The first-order valence-electron chi connectivity index (χ1n) is 7.20. The van der Waals surface area contributed by atoms with Crippen molar-refractivity contribution in [2.45, 2.75) is 24.2 Å². The number of phenols is 1. The molecule has 118 valence electrons. The van der Waals surface area contributed by atoms with Crippen molar-refractivity contribution >= 4 is 9.84 Å². The molecule has 0 spiro atoms. The maximum atomic E-state index is 12.0. The van der Waals surface area contributed by atoms with Crippen molar-refractivity contribution in [1.82, 2.24) is 9.55 Å². The van der Waals surface area contributed by atoms with Crippen LogP contribution in [0.15, 0.2) is 35.5 Å². The summed E-state index contributed by atoms with van der Waals surface area (Å²) in [5.41, 5.74) is 0.425. The molecule has 2 heterocycles. The summed E-state index contributed by atoms with van der Waals surface area (Å²) in [6.07, 6.45) is 4.24. The summed E-state index contributed by atoms with van der Waals surface area (Å²) in [4.78, 5) is 4.55. The van der Waals surface area contributed by atoms with Crippen LogP contribution in [-0.4, -0.2) is 42.0 Å². The number of rotatable bonds is 4. The number of aromatic nitrogens is 2. The van der Waals surface area contributed by atoms with E-state index < -0.39 is 9.84 Å². The molecule has 1 aromatic carbocycles. The van der Waals surface area contributed by atoms with Crippen LogP contribution in [0.3, 0.4) is 0 Å². The highest BCUT2D eigenvalue weighted by atomic mass is 32.2. The molecule has 1 aliphatic rings. The van der Waals surface area contributed by atoms with Gasteiger partial charge in [0.05, 0.1) is 22.9 Å². The van der Waals surface area contributed by atoms with Gasteiger partial charge in [-0.2, -0.15) is 0 Å². The van der Waals surface area contributed by atoms with E-state index in [9.17, 15) is 13.5 Å². The molecule has 0 unspecified atom stereocenters. The summed E-state index contributed by atoms with van der Waals surface area (Å²) in [5, 5.41) is 10.1. The zero-order valence-electron chi connectivity index (χ0n) is 12.3. The van der Waals surface area contributed by atoms with Gasteiger partial charge in [-0.3, -0.25) is 4.57 Å². The Balaban J connectivity index is 2.09. The van der Waals surface area contributed by atoms with Gasteiger partial charge in [-0.25, -0.2) is 13.4 Å². The van der Waals surface area contributed by atoms with Crippen LogP contribution in [0.1, 0.15) is 25.1 Å². The van der Waals surface area contributed by atoms with Crippen molar-refractivity contribution in [3.05, 3.63) is 36.4 Å². The van der Waals surface area contributed by atoms with Gasteiger partial charge in [-0.1, -0.05) is 6.92 Å². The first-order valence-corrected chi connectivity index (χ1v) is 8.85. The molecule has 22 heavy (non-hydrogen) atoms. The lowest BCUT2D eigenvalue weighted by Crippen LogP contribution is -2.09. The Labute approximate surface area is 129 Å². The van der Waals surface area contributed by atoms with Crippen molar-refractivity contribution in [2.24, 2.45) is 0 Å². The largest absolute Gasteiger partial charge is 0.506 e. The number of aromatic hydroxyl groups is 1. The van der Waals surface area contributed by atoms with Gasteiger partial charge in [-0.15, -0.1) is 0 Å². The lowest BCUT2D eigenvalue weighted by Gasteiger charge is -2.14. The maximum absolute atomic E-state index is 12.0. The number of phenolic OH excluding ortho intramolecular Hbond substituents is 1. The van der Waals surface area contributed by atoms with Crippen molar-refractivity contribution in [3.63, 3.8) is 0 Å². The van der Waals surface area contributed by atoms with Gasteiger partial charge in [-0.05, 0) is 24.6 Å². The lowest BCUT2D eigenvalue weighted by molar-refractivity contribution is 0.193. The number of nitrogens with zero attached hydrogens (tertiary/aromatic N) is 2. The fourth-order valence-electron chi connectivity index (χ4n) is 2.62. The topological polar surface area (TPSA) is 81.4 Å². The SMILES string of the molecule is CCS(=O)(=O)c1ccc(O)c(-n2ccnc2[C@H]2CCOC2)c1. The van der Waals surface area contributed by atoms with Gasteiger partial charge in [0.25, 0.3) is 0 Å². The third-order valence-electron chi connectivity index (χ3n) is 3.91. The van der Waals surface area contributed by atoms with Crippen LogP contribution in [0, 0.1) is 0 Å². The van der Waals surface area contributed by atoms with Gasteiger partial charge in [0, 0.05) is 24.9 Å². The summed E-state index contributed by atoms with van der Waals surface area (Å²) in [5.74, 6) is 0.970. The van der Waals surface area contributed by atoms with E-state index in [0.717, 1.165) is 12.2 Å². The number of hydrogen-bond donors (Lipinski definition) is 1. The van der Waals surface area contributed by atoms with Gasteiger partial charge in [0.2, 0.25) is 0 Å². The Kier molecular flexibility index (Phi) is 3.92. The highest BCUT2D eigenvalue weighted by Crippen LogP contribution is 2.31. The van der Waals surface area contributed by atoms with Crippen LogP contribution in [-0.2, 0) is 14.6 Å². The average molecular weight is 322 g/mol. The Hall–Kier alpha value is -1.86. The number of hydrogen-bond acceptors (Lipinski definition) is 5. The summed E-state index contributed by atoms with van der Waals surface area (Å²) in [7, 11) is -3.33. The Bertz CT molecular complexity index is 777. The van der Waals surface area contributed by atoms with E-state index in [0.29, 0.717) is 18.9 Å². The zero-order chi connectivity index (χ0) is 15.7. The first kappa shape index (κ1) is 15.1. The fraction of sp³-hybridized carbons (Fsp3) is 0.400. The monoisotopic (exact) mass is 322 g/mol. The number of benzene rings is 1. The van der Waals surface area contributed by atoms with Crippen molar-refractivity contribution in [2.75, 3.05) is 19.0 Å². The van der Waals surface area contributed by atoms with Crippen LogP contribution in [0.2, 0.25) is 0 Å². The molecule has 7 heteroatoms. The molecule has 2 aromatic rings. The van der Waals surface area contributed by atoms with E-state index >= 15 is 0 Å². The molecule has 0 amide bonds. The highest BCUT2D eigenvalue weighted by molar-refractivity contribution is 7.91. The predicted molar refractivity (Wildman–Crippen MR) is 81.1 cm³/mol. The molecule has 1 atom stereocenters. The molecule has 3 rings (SSSR count). The maximum Gasteiger partial charge on any atom is 0.178 e. The van der Waals surface area contributed by atoms with E-state index in [4.69, 9.17) is 4.74 Å². The molecular weight excluding hydrogens is 304 g/mol. The summed E-state index contributed by atoms with van der Waals surface area (Å²) in [6, 6.07) is 4.33. The molecule has 0 radical (unpaired) electrons. The second-order valence-corrected chi connectivity index (χ2v) is 7.55. The van der Waals surface area contributed by atoms with E-state index in [1.807, 2.05) is 0 Å². The van der Waals surface area contributed by atoms with Gasteiger partial charge < -0.3 is 9.84 Å². The van der Waals surface area contributed by atoms with Crippen LogP contribution < -0.4 is 0 Å². The highest BCUT2D eigenvalue weighted by Gasteiger charge is 2.24. The molecule has 0 saturated carbocycles. The number of sulfone groups is 1. The third-order valence-corrected chi connectivity index (χ3v) is 5.64. The Morgan fingerprint density at radius 1 is 1.45 bits per heavy atom. The van der Waals surface area contributed by atoms with Gasteiger partial charge >= 0.3 is 0 Å². The lowest BCUT2D eigenvalue weighted by atomic mass is 10.1. The van der Waals surface area contributed by atoms with Gasteiger partial charge in [0.15, 0.2) is 9.84 Å². The van der Waals surface area contributed by atoms with Crippen LogP contribution in [0.4, 0.5) is 0 Å². The number of ether oxygens (including phenoxy) is 1. The summed E-state index contributed by atoms with van der Waals surface area (Å²) in [6.45, 7) is 2.87. The molecule has 0 aliphatic carbocycles. The summed E-state index contributed by atoms with van der Waals surface area (Å²) >= 11 is 0. The second-order valence-electron chi connectivity index (χ2n) is 5.27. The zero-order valence-corrected chi connectivity index (χ0v) is 13.1. The smallest absolute Gasteiger partial charge is 0.178 e. The standard InChI is InChI=1S/C15H18N2O4S/c1-2-22(19,20)12-3-4-14(18)13(9-12)17-7-6-16-15(17)11-5-8-21-10-11/h3-4,6-7,9,11,18H,2,5,8,10H2,1H3/t11-/m0/s1. The molecule has 1 N–H and O–H groups in total. The number of imidazole rings is 1. The quantitative estimate of drug-likeness (QED) is 0.929. The minimum atomic E-state index is -3.33. The minimum absolute atomic E-state index is 0.0183. The van der Waals surface area contributed by atoms with Crippen molar-refractivity contribution < 1.29 is 18.3 Å². The van der Waals surface area contributed by atoms with E-state index in [1.165, 1.54) is 18.2 Å². The third kappa shape index (κ3) is 2.62. The Morgan fingerprint density at radius 3 is 2.95 bits per heavy atom. The molecule has 1 aromatic heterocycles. The molecule has 1 aliphatic heterocycles. The van der Waals surface area contributed by atoms with E-state index in [-0.39, 0.29) is 22.3 Å². The molecular formula is C15H18N2O4S. The van der Waals surface area contributed by atoms with Crippen molar-refractivity contribution in [3.8, 4) is 11.4 Å². The Morgan fingerprint density at radius 2 is 2.27 bits per heavy atom. The minimum Gasteiger partial charge on any atom is -0.506 e. The molecule has 1 fully saturated rings. The normalized spacial score (nSPS) is 18.7. The molecule has 0 bridgehead atoms.